The standard InChI is InChI=1S/C8H6F3N3O3/c9-8(10,11)17-7-2-1-5(4-13-12)3-6(7)14(15)16/h1-4H,12H2. The molecule has 6 nitrogen and oxygen atoms in total. The summed E-state index contributed by atoms with van der Waals surface area (Å²) in [5.41, 5.74) is -0.631. The molecule has 2 N–H and O–H groups in total. The van der Waals surface area contributed by atoms with Crippen LogP contribution in [0.2, 0.25) is 0 Å². The Morgan fingerprint density at radius 1 is 1.47 bits per heavy atom. The van der Waals surface area contributed by atoms with Gasteiger partial charge in [-0.05, 0) is 12.1 Å². The Morgan fingerprint density at radius 3 is 2.59 bits per heavy atom. The molecule has 0 aliphatic heterocycles. The zero-order chi connectivity index (χ0) is 13.1. The second-order valence-corrected chi connectivity index (χ2v) is 2.81. The number of nitro benzene ring substituents is 1. The minimum absolute atomic E-state index is 0.189. The summed E-state index contributed by atoms with van der Waals surface area (Å²) in [6.45, 7) is 0. The summed E-state index contributed by atoms with van der Waals surface area (Å²) in [5, 5.41) is 13.6. The number of halogens is 3. The highest BCUT2D eigenvalue weighted by molar-refractivity contribution is 5.81. The molecule has 1 rings (SSSR count). The van der Waals surface area contributed by atoms with Crippen molar-refractivity contribution in [1.29, 1.82) is 0 Å². The molecule has 0 radical (unpaired) electrons. The Morgan fingerprint density at radius 2 is 2.12 bits per heavy atom. The predicted molar refractivity (Wildman–Crippen MR) is 51.6 cm³/mol. The third-order valence-electron chi connectivity index (χ3n) is 1.63. The van der Waals surface area contributed by atoms with E-state index in [2.05, 4.69) is 9.84 Å². The minimum atomic E-state index is -4.99. The lowest BCUT2D eigenvalue weighted by atomic mass is 10.2. The van der Waals surface area contributed by atoms with E-state index in [4.69, 9.17) is 5.84 Å². The molecule has 0 spiro atoms. The van der Waals surface area contributed by atoms with E-state index < -0.39 is 22.7 Å². The second-order valence-electron chi connectivity index (χ2n) is 2.81. The van der Waals surface area contributed by atoms with E-state index in [1.54, 1.807) is 0 Å². The number of hydrogen-bond acceptors (Lipinski definition) is 5. The number of alkyl halides is 3. The lowest BCUT2D eigenvalue weighted by Gasteiger charge is -2.09. The van der Waals surface area contributed by atoms with Gasteiger partial charge in [0.05, 0.1) is 11.1 Å². The molecule has 0 saturated heterocycles. The van der Waals surface area contributed by atoms with Crippen LogP contribution < -0.4 is 10.6 Å². The van der Waals surface area contributed by atoms with Gasteiger partial charge in [-0.25, -0.2) is 0 Å². The van der Waals surface area contributed by atoms with Gasteiger partial charge >= 0.3 is 12.0 Å². The highest BCUT2D eigenvalue weighted by Gasteiger charge is 2.34. The SMILES string of the molecule is NN=Cc1ccc(OC(F)(F)F)c([N+](=O)[O-])c1. The first-order valence-electron chi connectivity index (χ1n) is 4.11. The average molecular weight is 249 g/mol. The molecule has 0 amide bonds. The largest absolute Gasteiger partial charge is 0.573 e. The van der Waals surface area contributed by atoms with E-state index in [1.807, 2.05) is 0 Å². The monoisotopic (exact) mass is 249 g/mol. The van der Waals surface area contributed by atoms with Crippen molar-refractivity contribution in [3.05, 3.63) is 33.9 Å². The number of nitro groups is 1. The van der Waals surface area contributed by atoms with Gasteiger partial charge in [-0.3, -0.25) is 10.1 Å². The van der Waals surface area contributed by atoms with Crippen molar-refractivity contribution >= 4 is 11.9 Å². The van der Waals surface area contributed by atoms with Gasteiger partial charge in [0, 0.05) is 11.6 Å². The number of nitrogens with zero attached hydrogens (tertiary/aromatic N) is 2. The Hall–Kier alpha value is -2.32. The van der Waals surface area contributed by atoms with Crippen LogP contribution in [0.15, 0.2) is 23.3 Å². The molecule has 0 aliphatic rings. The minimum Gasteiger partial charge on any atom is -0.398 e. The van der Waals surface area contributed by atoms with E-state index in [-0.39, 0.29) is 5.56 Å². The number of ether oxygens (including phenoxy) is 1. The molecule has 0 unspecified atom stereocenters. The smallest absolute Gasteiger partial charge is 0.398 e. The molecule has 92 valence electrons. The Balaban J connectivity index is 3.18. The summed E-state index contributed by atoms with van der Waals surface area (Å²) in [6.07, 6.45) is -3.93. The third-order valence-corrected chi connectivity index (χ3v) is 1.63. The van der Waals surface area contributed by atoms with Crippen molar-refractivity contribution in [2.24, 2.45) is 10.9 Å². The van der Waals surface area contributed by atoms with Gasteiger partial charge in [0.15, 0.2) is 0 Å². The Bertz CT molecular complexity index is 459. The van der Waals surface area contributed by atoms with Crippen molar-refractivity contribution in [3.63, 3.8) is 0 Å². The topological polar surface area (TPSA) is 90.8 Å². The summed E-state index contributed by atoms with van der Waals surface area (Å²) < 4.78 is 39.3. The molecule has 0 saturated carbocycles. The molecular weight excluding hydrogens is 243 g/mol. The van der Waals surface area contributed by atoms with E-state index in [0.29, 0.717) is 0 Å². The molecule has 0 aliphatic carbocycles. The third kappa shape index (κ3) is 3.63. The van der Waals surface area contributed by atoms with Crippen LogP contribution in [0.1, 0.15) is 5.56 Å². The van der Waals surface area contributed by atoms with Gasteiger partial charge in [-0.2, -0.15) is 5.10 Å². The van der Waals surface area contributed by atoms with Crippen molar-refractivity contribution < 1.29 is 22.8 Å². The summed E-state index contributed by atoms with van der Waals surface area (Å²) in [5.74, 6) is 3.92. The fourth-order valence-electron chi connectivity index (χ4n) is 1.05. The van der Waals surface area contributed by atoms with Crippen LogP contribution in [0.3, 0.4) is 0 Å². The number of hydrazone groups is 1. The predicted octanol–water partition coefficient (Wildman–Crippen LogP) is 1.79. The number of benzene rings is 1. The molecule has 0 bridgehead atoms. The van der Waals surface area contributed by atoms with Crippen molar-refractivity contribution in [1.82, 2.24) is 0 Å². The maximum absolute atomic E-state index is 11.9. The Kier molecular flexibility index (Phi) is 3.51. The van der Waals surface area contributed by atoms with Crippen molar-refractivity contribution in [2.45, 2.75) is 6.36 Å². The van der Waals surface area contributed by atoms with Crippen LogP contribution in [-0.4, -0.2) is 17.5 Å². The van der Waals surface area contributed by atoms with E-state index in [0.717, 1.165) is 24.4 Å². The molecule has 1 aromatic rings. The van der Waals surface area contributed by atoms with Gasteiger partial charge in [-0.1, -0.05) is 0 Å². The summed E-state index contributed by atoms with van der Waals surface area (Å²) in [6, 6.07) is 2.85. The van der Waals surface area contributed by atoms with E-state index >= 15 is 0 Å². The quantitative estimate of drug-likeness (QED) is 0.382. The lowest BCUT2D eigenvalue weighted by molar-refractivity contribution is -0.388. The van der Waals surface area contributed by atoms with Crippen LogP contribution in [0.5, 0.6) is 5.75 Å². The van der Waals surface area contributed by atoms with Gasteiger partial charge in [0.25, 0.3) is 0 Å². The lowest BCUT2D eigenvalue weighted by Crippen LogP contribution is -2.18. The van der Waals surface area contributed by atoms with Crippen molar-refractivity contribution in [3.8, 4) is 5.75 Å². The van der Waals surface area contributed by atoms with E-state index in [1.165, 1.54) is 0 Å². The van der Waals surface area contributed by atoms with Gasteiger partial charge in [0.1, 0.15) is 0 Å². The first-order chi connectivity index (χ1) is 7.83. The first kappa shape index (κ1) is 12.7. The fourth-order valence-corrected chi connectivity index (χ4v) is 1.05. The van der Waals surface area contributed by atoms with Crippen LogP contribution >= 0.6 is 0 Å². The van der Waals surface area contributed by atoms with Crippen molar-refractivity contribution in [2.75, 3.05) is 0 Å². The molecule has 9 heteroatoms. The molecule has 0 atom stereocenters. The zero-order valence-corrected chi connectivity index (χ0v) is 8.14. The van der Waals surface area contributed by atoms with Crippen LogP contribution in [0.25, 0.3) is 0 Å². The molecule has 0 aromatic heterocycles. The van der Waals surface area contributed by atoms with Gasteiger partial charge < -0.3 is 10.6 Å². The molecule has 17 heavy (non-hydrogen) atoms. The fraction of sp³-hybridized carbons (Fsp3) is 0.125. The highest BCUT2D eigenvalue weighted by atomic mass is 19.4. The van der Waals surface area contributed by atoms with Gasteiger partial charge in [0.2, 0.25) is 5.75 Å². The van der Waals surface area contributed by atoms with Crippen LogP contribution in [-0.2, 0) is 0 Å². The molecule has 0 fully saturated rings. The molecule has 1 aromatic carbocycles. The highest BCUT2D eigenvalue weighted by Crippen LogP contribution is 2.32. The van der Waals surface area contributed by atoms with Gasteiger partial charge in [-0.15, -0.1) is 13.2 Å². The average Bonchev–Trinajstić information content (AvgIpc) is 2.18. The number of rotatable bonds is 3. The Labute approximate surface area is 92.6 Å². The molecular formula is C8H6F3N3O3. The number of nitrogens with two attached hydrogens (primary N) is 1. The number of hydrogen-bond donors (Lipinski definition) is 1. The summed E-state index contributed by atoms with van der Waals surface area (Å²) >= 11 is 0. The maximum Gasteiger partial charge on any atom is 0.573 e. The summed E-state index contributed by atoms with van der Waals surface area (Å²) in [7, 11) is 0. The summed E-state index contributed by atoms with van der Waals surface area (Å²) in [4.78, 5) is 9.56. The van der Waals surface area contributed by atoms with E-state index in [9.17, 15) is 23.3 Å². The normalized spacial score (nSPS) is 11.7. The zero-order valence-electron chi connectivity index (χ0n) is 8.14. The van der Waals surface area contributed by atoms with Crippen LogP contribution in [0, 0.1) is 10.1 Å². The molecule has 0 heterocycles. The van der Waals surface area contributed by atoms with Crippen LogP contribution in [0.4, 0.5) is 18.9 Å². The second kappa shape index (κ2) is 4.68. The maximum atomic E-state index is 11.9. The first-order valence-corrected chi connectivity index (χ1v) is 4.11.